The summed E-state index contributed by atoms with van der Waals surface area (Å²) in [7, 11) is 1.64. The van der Waals surface area contributed by atoms with Crippen LogP contribution in [0.1, 0.15) is 17.2 Å². The Morgan fingerprint density at radius 1 is 1.26 bits per heavy atom. The molecule has 0 spiro atoms. The van der Waals surface area contributed by atoms with Gasteiger partial charge in [-0.1, -0.05) is 28.1 Å². The molecule has 0 bridgehead atoms. The summed E-state index contributed by atoms with van der Waals surface area (Å²) < 4.78 is 7.24. The van der Waals surface area contributed by atoms with Gasteiger partial charge in [0, 0.05) is 14.5 Å². The Labute approximate surface area is 135 Å². The van der Waals surface area contributed by atoms with Crippen LogP contribution in [0.2, 0.25) is 0 Å². The fourth-order valence-electron chi connectivity index (χ4n) is 1.90. The molecule has 1 unspecified atom stereocenters. The van der Waals surface area contributed by atoms with Gasteiger partial charge in [0.2, 0.25) is 0 Å². The summed E-state index contributed by atoms with van der Waals surface area (Å²) in [5.41, 5.74) is 1.97. The maximum atomic E-state index is 10.4. The molecular formula is C15H14BrIO2. The minimum atomic E-state index is -0.531. The fourth-order valence-corrected chi connectivity index (χ4v) is 2.93. The van der Waals surface area contributed by atoms with Crippen LogP contribution in [0, 0.1) is 3.57 Å². The molecule has 0 aliphatic carbocycles. The van der Waals surface area contributed by atoms with E-state index in [2.05, 4.69) is 38.5 Å². The molecular weight excluding hydrogens is 419 g/mol. The van der Waals surface area contributed by atoms with Crippen molar-refractivity contribution in [1.82, 2.24) is 0 Å². The lowest BCUT2D eigenvalue weighted by Crippen LogP contribution is -2.03. The number of rotatable bonds is 4. The molecule has 0 saturated heterocycles. The third-order valence-corrected chi connectivity index (χ3v) is 4.27. The Morgan fingerprint density at radius 3 is 2.79 bits per heavy atom. The van der Waals surface area contributed by atoms with Crippen LogP contribution in [0.25, 0.3) is 0 Å². The van der Waals surface area contributed by atoms with Gasteiger partial charge in [0.1, 0.15) is 5.75 Å². The number of methoxy groups -OCH3 is 1. The molecule has 2 aromatic rings. The van der Waals surface area contributed by atoms with Crippen molar-refractivity contribution in [3.05, 3.63) is 61.6 Å². The van der Waals surface area contributed by atoms with Crippen molar-refractivity contribution in [1.29, 1.82) is 0 Å². The van der Waals surface area contributed by atoms with Gasteiger partial charge in [0.15, 0.2) is 0 Å². The van der Waals surface area contributed by atoms with E-state index in [1.807, 2.05) is 42.5 Å². The smallest absolute Gasteiger partial charge is 0.119 e. The molecule has 0 aliphatic heterocycles. The molecule has 2 nitrogen and oxygen atoms in total. The molecule has 2 aromatic carbocycles. The van der Waals surface area contributed by atoms with Crippen LogP contribution in [0.4, 0.5) is 0 Å². The molecule has 0 aliphatic rings. The largest absolute Gasteiger partial charge is 0.497 e. The lowest BCUT2D eigenvalue weighted by Gasteiger charge is -2.14. The van der Waals surface area contributed by atoms with E-state index in [0.29, 0.717) is 6.42 Å². The van der Waals surface area contributed by atoms with E-state index in [1.165, 1.54) is 0 Å². The number of aliphatic hydroxyl groups is 1. The molecule has 2 rings (SSSR count). The molecule has 0 radical (unpaired) electrons. The lowest BCUT2D eigenvalue weighted by atomic mass is 10.0. The third kappa shape index (κ3) is 3.94. The predicted molar refractivity (Wildman–Crippen MR) is 88.5 cm³/mol. The van der Waals surface area contributed by atoms with Gasteiger partial charge in [-0.2, -0.15) is 0 Å². The summed E-state index contributed by atoms with van der Waals surface area (Å²) in [6.07, 6.45) is 0.0341. The standard InChI is InChI=1S/C15H14BrIO2/c1-19-12-4-2-3-10(7-12)8-15(18)13-9-11(17)5-6-14(13)16/h2-7,9,15,18H,8H2,1H3. The monoisotopic (exact) mass is 432 g/mol. The van der Waals surface area contributed by atoms with Crippen molar-refractivity contribution in [2.45, 2.75) is 12.5 Å². The van der Waals surface area contributed by atoms with Crippen molar-refractivity contribution in [2.75, 3.05) is 7.11 Å². The molecule has 0 heterocycles. The Hall–Kier alpha value is -0.590. The summed E-state index contributed by atoms with van der Waals surface area (Å²) in [6, 6.07) is 13.7. The minimum Gasteiger partial charge on any atom is -0.497 e. The lowest BCUT2D eigenvalue weighted by molar-refractivity contribution is 0.177. The van der Waals surface area contributed by atoms with Gasteiger partial charge in [-0.15, -0.1) is 0 Å². The fraction of sp³-hybridized carbons (Fsp3) is 0.200. The Balaban J connectivity index is 2.20. The van der Waals surface area contributed by atoms with Crippen LogP contribution in [-0.2, 0) is 6.42 Å². The van der Waals surface area contributed by atoms with Crippen molar-refractivity contribution in [3.8, 4) is 5.75 Å². The molecule has 4 heteroatoms. The Morgan fingerprint density at radius 2 is 2.05 bits per heavy atom. The zero-order valence-electron chi connectivity index (χ0n) is 10.4. The van der Waals surface area contributed by atoms with Crippen LogP contribution in [0.15, 0.2) is 46.9 Å². The second-order valence-electron chi connectivity index (χ2n) is 4.24. The molecule has 0 aromatic heterocycles. The highest BCUT2D eigenvalue weighted by atomic mass is 127. The van der Waals surface area contributed by atoms with Crippen molar-refractivity contribution in [2.24, 2.45) is 0 Å². The van der Waals surface area contributed by atoms with Gasteiger partial charge in [-0.3, -0.25) is 0 Å². The average Bonchev–Trinajstić information content (AvgIpc) is 2.41. The van der Waals surface area contributed by atoms with E-state index in [0.717, 1.165) is 24.9 Å². The molecule has 100 valence electrons. The van der Waals surface area contributed by atoms with E-state index < -0.39 is 6.10 Å². The molecule has 0 amide bonds. The van der Waals surface area contributed by atoms with Crippen LogP contribution < -0.4 is 4.74 Å². The van der Waals surface area contributed by atoms with E-state index in [9.17, 15) is 5.11 Å². The van der Waals surface area contributed by atoms with Crippen LogP contribution >= 0.6 is 38.5 Å². The predicted octanol–water partition coefficient (Wildman–Crippen LogP) is 4.34. The normalized spacial score (nSPS) is 12.2. The second kappa shape index (κ2) is 6.72. The summed E-state index contributed by atoms with van der Waals surface area (Å²) >= 11 is 5.73. The van der Waals surface area contributed by atoms with Gasteiger partial charge in [-0.05, 0) is 64.0 Å². The number of hydrogen-bond donors (Lipinski definition) is 1. The number of aliphatic hydroxyl groups excluding tert-OH is 1. The van der Waals surface area contributed by atoms with Gasteiger partial charge in [0.25, 0.3) is 0 Å². The molecule has 1 atom stereocenters. The summed E-state index contributed by atoms with van der Waals surface area (Å²) in [5, 5.41) is 10.4. The van der Waals surface area contributed by atoms with Crippen molar-refractivity contribution in [3.63, 3.8) is 0 Å². The maximum Gasteiger partial charge on any atom is 0.119 e. The zero-order valence-corrected chi connectivity index (χ0v) is 14.2. The average molecular weight is 433 g/mol. The van der Waals surface area contributed by atoms with Gasteiger partial charge in [-0.25, -0.2) is 0 Å². The maximum absolute atomic E-state index is 10.4. The molecule has 0 saturated carbocycles. The quantitative estimate of drug-likeness (QED) is 0.728. The summed E-state index contributed by atoms with van der Waals surface area (Å²) in [5.74, 6) is 0.811. The van der Waals surface area contributed by atoms with Gasteiger partial charge >= 0.3 is 0 Å². The Kier molecular flexibility index (Phi) is 5.24. The SMILES string of the molecule is COc1cccc(CC(O)c2cc(I)ccc2Br)c1. The number of ether oxygens (including phenoxy) is 1. The number of benzene rings is 2. The Bertz CT molecular complexity index is 572. The first-order valence-corrected chi connectivity index (χ1v) is 7.73. The second-order valence-corrected chi connectivity index (χ2v) is 6.34. The molecule has 19 heavy (non-hydrogen) atoms. The van der Waals surface area contributed by atoms with E-state index in [4.69, 9.17) is 4.74 Å². The highest BCUT2D eigenvalue weighted by Gasteiger charge is 2.13. The first kappa shape index (κ1) is 14.8. The topological polar surface area (TPSA) is 29.5 Å². The number of hydrogen-bond acceptors (Lipinski definition) is 2. The van der Waals surface area contributed by atoms with Crippen molar-refractivity contribution >= 4 is 38.5 Å². The highest BCUT2D eigenvalue weighted by Crippen LogP contribution is 2.28. The minimum absolute atomic E-state index is 0.531. The molecule has 0 fully saturated rings. The van der Waals surface area contributed by atoms with Gasteiger partial charge in [0.05, 0.1) is 13.2 Å². The van der Waals surface area contributed by atoms with Crippen LogP contribution in [0.5, 0.6) is 5.75 Å². The summed E-state index contributed by atoms with van der Waals surface area (Å²) in [4.78, 5) is 0. The molecule has 1 N–H and O–H groups in total. The summed E-state index contributed by atoms with van der Waals surface area (Å²) in [6.45, 7) is 0. The van der Waals surface area contributed by atoms with Crippen LogP contribution in [0.3, 0.4) is 0 Å². The van der Waals surface area contributed by atoms with Gasteiger partial charge < -0.3 is 9.84 Å². The van der Waals surface area contributed by atoms with E-state index in [-0.39, 0.29) is 0 Å². The van der Waals surface area contributed by atoms with Crippen molar-refractivity contribution < 1.29 is 9.84 Å². The van der Waals surface area contributed by atoms with E-state index in [1.54, 1.807) is 7.11 Å². The van der Waals surface area contributed by atoms with Crippen LogP contribution in [-0.4, -0.2) is 12.2 Å². The zero-order chi connectivity index (χ0) is 13.8. The highest BCUT2D eigenvalue weighted by molar-refractivity contribution is 14.1. The first-order chi connectivity index (χ1) is 9.10. The number of halogens is 2. The third-order valence-electron chi connectivity index (χ3n) is 2.88. The first-order valence-electron chi connectivity index (χ1n) is 5.86. The van der Waals surface area contributed by atoms with E-state index >= 15 is 0 Å².